The summed E-state index contributed by atoms with van der Waals surface area (Å²) in [7, 11) is 0. The highest BCUT2D eigenvalue weighted by Gasteiger charge is 2.18. The largest absolute Gasteiger partial charge is 0.491 e. The minimum atomic E-state index is -0.414. The molecule has 0 bridgehead atoms. The van der Waals surface area contributed by atoms with Gasteiger partial charge in [0.05, 0.1) is 18.7 Å². The van der Waals surface area contributed by atoms with Gasteiger partial charge in [0.25, 0.3) is 5.91 Å². The number of nitrogen functional groups attached to an aromatic ring is 1. The molecule has 0 spiro atoms. The maximum absolute atomic E-state index is 11.6. The SMILES string of the molecule is NNC(=O)c1ccccc1OCCN1CCOCC1=O. The Kier molecular flexibility index (Phi) is 4.91. The number of para-hydroxylation sites is 1. The molecule has 20 heavy (non-hydrogen) atoms. The molecule has 2 rings (SSSR count). The molecule has 1 aromatic carbocycles. The van der Waals surface area contributed by atoms with Gasteiger partial charge in [-0.2, -0.15) is 0 Å². The van der Waals surface area contributed by atoms with E-state index in [0.29, 0.717) is 37.6 Å². The average Bonchev–Trinajstić information content (AvgIpc) is 2.49. The van der Waals surface area contributed by atoms with E-state index in [1.54, 1.807) is 29.2 Å². The van der Waals surface area contributed by atoms with E-state index in [-0.39, 0.29) is 12.5 Å². The van der Waals surface area contributed by atoms with Gasteiger partial charge < -0.3 is 14.4 Å². The Balaban J connectivity index is 1.90. The molecule has 7 heteroatoms. The molecule has 0 unspecified atom stereocenters. The third-order valence-electron chi connectivity index (χ3n) is 2.97. The lowest BCUT2D eigenvalue weighted by Gasteiger charge is -2.26. The van der Waals surface area contributed by atoms with Crippen LogP contribution in [0.4, 0.5) is 0 Å². The van der Waals surface area contributed by atoms with E-state index in [9.17, 15) is 9.59 Å². The number of hydrogen-bond acceptors (Lipinski definition) is 5. The first-order valence-corrected chi connectivity index (χ1v) is 6.30. The summed E-state index contributed by atoms with van der Waals surface area (Å²) < 4.78 is 10.6. The fourth-order valence-electron chi connectivity index (χ4n) is 1.91. The fourth-order valence-corrected chi connectivity index (χ4v) is 1.91. The molecule has 0 saturated carbocycles. The van der Waals surface area contributed by atoms with E-state index in [0.717, 1.165) is 0 Å². The van der Waals surface area contributed by atoms with Gasteiger partial charge in [-0.1, -0.05) is 12.1 Å². The smallest absolute Gasteiger partial charge is 0.268 e. The standard InChI is InChI=1S/C13H17N3O4/c14-15-13(18)10-3-1-2-4-11(10)20-8-6-16-5-7-19-9-12(16)17/h1-4H,5-9,14H2,(H,15,18). The maximum atomic E-state index is 11.6. The third kappa shape index (κ3) is 3.46. The zero-order valence-corrected chi connectivity index (χ0v) is 11.0. The van der Waals surface area contributed by atoms with E-state index in [1.807, 2.05) is 0 Å². The van der Waals surface area contributed by atoms with Gasteiger partial charge in [-0.05, 0) is 12.1 Å². The summed E-state index contributed by atoms with van der Waals surface area (Å²) in [6.45, 7) is 1.98. The summed E-state index contributed by atoms with van der Waals surface area (Å²) in [5.41, 5.74) is 2.43. The number of nitrogens with two attached hydrogens (primary N) is 1. The van der Waals surface area contributed by atoms with Crippen LogP contribution in [0, 0.1) is 0 Å². The summed E-state index contributed by atoms with van der Waals surface area (Å²) in [6, 6.07) is 6.80. The Labute approximate surface area is 116 Å². The van der Waals surface area contributed by atoms with E-state index in [2.05, 4.69) is 5.43 Å². The number of hydrogen-bond donors (Lipinski definition) is 2. The first-order valence-electron chi connectivity index (χ1n) is 6.30. The van der Waals surface area contributed by atoms with E-state index in [1.165, 1.54) is 0 Å². The minimum absolute atomic E-state index is 0.0483. The number of amides is 2. The molecule has 1 saturated heterocycles. The van der Waals surface area contributed by atoms with Gasteiger partial charge in [-0.3, -0.25) is 15.0 Å². The summed E-state index contributed by atoms with van der Waals surface area (Å²) >= 11 is 0. The quantitative estimate of drug-likeness (QED) is 0.431. The highest BCUT2D eigenvalue weighted by Crippen LogP contribution is 2.17. The van der Waals surface area contributed by atoms with Crippen LogP contribution in [0.5, 0.6) is 5.75 Å². The van der Waals surface area contributed by atoms with E-state index in [4.69, 9.17) is 15.3 Å². The molecule has 0 radical (unpaired) electrons. The number of rotatable bonds is 5. The Morgan fingerprint density at radius 2 is 2.25 bits per heavy atom. The molecule has 1 aliphatic heterocycles. The van der Waals surface area contributed by atoms with Crippen molar-refractivity contribution >= 4 is 11.8 Å². The average molecular weight is 279 g/mol. The molecule has 1 fully saturated rings. The number of ether oxygens (including phenoxy) is 2. The van der Waals surface area contributed by atoms with Crippen molar-refractivity contribution in [1.29, 1.82) is 0 Å². The van der Waals surface area contributed by atoms with Gasteiger partial charge >= 0.3 is 0 Å². The number of benzene rings is 1. The molecule has 7 nitrogen and oxygen atoms in total. The van der Waals surface area contributed by atoms with Crippen LogP contribution >= 0.6 is 0 Å². The van der Waals surface area contributed by atoms with Crippen molar-refractivity contribution in [3.05, 3.63) is 29.8 Å². The third-order valence-corrected chi connectivity index (χ3v) is 2.97. The van der Waals surface area contributed by atoms with Crippen molar-refractivity contribution in [2.45, 2.75) is 0 Å². The van der Waals surface area contributed by atoms with Crippen molar-refractivity contribution in [2.24, 2.45) is 5.84 Å². The topological polar surface area (TPSA) is 93.9 Å². The molecule has 108 valence electrons. The highest BCUT2D eigenvalue weighted by atomic mass is 16.5. The monoisotopic (exact) mass is 279 g/mol. The van der Waals surface area contributed by atoms with Crippen molar-refractivity contribution < 1.29 is 19.1 Å². The van der Waals surface area contributed by atoms with E-state index >= 15 is 0 Å². The Hall–Kier alpha value is -2.12. The molecule has 1 aliphatic rings. The fraction of sp³-hybridized carbons (Fsp3) is 0.385. The van der Waals surface area contributed by atoms with Crippen LogP contribution in [-0.2, 0) is 9.53 Å². The molecule has 3 N–H and O–H groups in total. The summed E-state index contributed by atoms with van der Waals surface area (Å²) in [5.74, 6) is 5.09. The second-order valence-electron chi connectivity index (χ2n) is 4.25. The summed E-state index contributed by atoms with van der Waals surface area (Å²) in [5, 5.41) is 0. The maximum Gasteiger partial charge on any atom is 0.268 e. The van der Waals surface area contributed by atoms with Crippen molar-refractivity contribution in [3.63, 3.8) is 0 Å². The second-order valence-corrected chi connectivity index (χ2v) is 4.25. The first kappa shape index (κ1) is 14.3. The Morgan fingerprint density at radius 1 is 1.45 bits per heavy atom. The zero-order valence-electron chi connectivity index (χ0n) is 11.0. The first-order chi connectivity index (χ1) is 9.72. The van der Waals surface area contributed by atoms with Crippen molar-refractivity contribution in [3.8, 4) is 5.75 Å². The zero-order chi connectivity index (χ0) is 14.4. The predicted octanol–water partition coefficient (Wildman–Crippen LogP) is -0.472. The van der Waals surface area contributed by atoms with Gasteiger partial charge in [-0.25, -0.2) is 5.84 Å². The highest BCUT2D eigenvalue weighted by molar-refractivity contribution is 5.96. The molecule has 0 atom stereocenters. The second kappa shape index (κ2) is 6.88. The molecule has 1 aromatic rings. The van der Waals surface area contributed by atoms with Crippen LogP contribution in [0.25, 0.3) is 0 Å². The van der Waals surface area contributed by atoms with Gasteiger partial charge in [0.2, 0.25) is 5.91 Å². The van der Waals surface area contributed by atoms with Gasteiger partial charge in [0.1, 0.15) is 19.0 Å². The van der Waals surface area contributed by atoms with Crippen LogP contribution in [0.2, 0.25) is 0 Å². The Morgan fingerprint density at radius 3 is 3.00 bits per heavy atom. The van der Waals surface area contributed by atoms with Crippen LogP contribution in [-0.4, -0.2) is 49.6 Å². The van der Waals surface area contributed by atoms with Gasteiger partial charge in [0.15, 0.2) is 0 Å². The van der Waals surface area contributed by atoms with Crippen molar-refractivity contribution in [2.75, 3.05) is 32.9 Å². The predicted molar refractivity (Wildman–Crippen MR) is 71.0 cm³/mol. The van der Waals surface area contributed by atoms with Gasteiger partial charge in [-0.15, -0.1) is 0 Å². The van der Waals surface area contributed by atoms with E-state index < -0.39 is 5.91 Å². The van der Waals surface area contributed by atoms with Crippen LogP contribution in [0.3, 0.4) is 0 Å². The molecular weight excluding hydrogens is 262 g/mol. The normalized spacial score (nSPS) is 15.1. The minimum Gasteiger partial charge on any atom is -0.491 e. The Bertz CT molecular complexity index is 492. The molecule has 1 heterocycles. The van der Waals surface area contributed by atoms with Crippen molar-refractivity contribution in [1.82, 2.24) is 10.3 Å². The van der Waals surface area contributed by atoms with Gasteiger partial charge in [0, 0.05) is 6.54 Å². The molecule has 0 aromatic heterocycles. The lowest BCUT2D eigenvalue weighted by Crippen LogP contribution is -2.43. The van der Waals surface area contributed by atoms with Crippen LogP contribution in [0.15, 0.2) is 24.3 Å². The number of nitrogens with zero attached hydrogens (tertiary/aromatic N) is 1. The summed E-state index contributed by atoms with van der Waals surface area (Å²) in [6.07, 6.45) is 0. The lowest BCUT2D eigenvalue weighted by molar-refractivity contribution is -0.143. The molecule has 2 amide bonds. The number of carbonyl (C=O) groups is 2. The number of hydrazine groups is 1. The van der Waals surface area contributed by atoms with Crippen LogP contribution < -0.4 is 16.0 Å². The number of morpholine rings is 1. The molecular formula is C13H17N3O4. The van der Waals surface area contributed by atoms with Crippen LogP contribution in [0.1, 0.15) is 10.4 Å². The number of carbonyl (C=O) groups excluding carboxylic acids is 2. The summed E-state index contributed by atoms with van der Waals surface area (Å²) in [4.78, 5) is 24.8. The lowest BCUT2D eigenvalue weighted by atomic mass is 10.2. The number of nitrogens with one attached hydrogen (secondary N) is 1. The molecule has 0 aliphatic carbocycles.